The van der Waals surface area contributed by atoms with Crippen molar-refractivity contribution in [2.24, 2.45) is 5.10 Å². The summed E-state index contributed by atoms with van der Waals surface area (Å²) in [5.74, 6) is 1.54. The lowest BCUT2D eigenvalue weighted by Crippen LogP contribution is -2.10. The molecule has 3 aromatic carbocycles. The summed E-state index contributed by atoms with van der Waals surface area (Å²) in [7, 11) is 1.60. The summed E-state index contributed by atoms with van der Waals surface area (Å²) in [5, 5.41) is 4.19. The van der Waals surface area contributed by atoms with Gasteiger partial charge in [-0.1, -0.05) is 60.7 Å². The van der Waals surface area contributed by atoms with Gasteiger partial charge in [-0.3, -0.25) is 9.78 Å². The summed E-state index contributed by atoms with van der Waals surface area (Å²) in [6, 6.07) is 26.7. The fourth-order valence-corrected chi connectivity index (χ4v) is 3.24. The molecular weight excluding hydrogens is 416 g/mol. The van der Waals surface area contributed by atoms with Crippen LogP contribution in [0.2, 0.25) is 0 Å². The minimum atomic E-state index is -0.264. The van der Waals surface area contributed by atoms with E-state index in [4.69, 9.17) is 9.47 Å². The van der Waals surface area contributed by atoms with Gasteiger partial charge in [0.15, 0.2) is 11.5 Å². The third kappa shape index (κ3) is 6.07. The van der Waals surface area contributed by atoms with Crippen LogP contribution in [-0.2, 0) is 6.42 Å². The smallest absolute Gasteiger partial charge is 0.252 e. The molecule has 2 N–H and O–H groups in total. The van der Waals surface area contributed by atoms with Gasteiger partial charge in [-0.15, -0.1) is 0 Å². The van der Waals surface area contributed by atoms with Gasteiger partial charge < -0.3 is 9.47 Å². The molecular formula is C26H24N4O3. The van der Waals surface area contributed by atoms with Gasteiger partial charge in [0.05, 0.1) is 25.6 Å². The Hall–Kier alpha value is -4.39. The van der Waals surface area contributed by atoms with Crippen molar-refractivity contribution in [1.29, 1.82) is 0 Å². The number of ether oxygens (including phenoxy) is 2. The first-order valence-corrected chi connectivity index (χ1v) is 10.5. The second-order valence-electron chi connectivity index (χ2n) is 7.21. The van der Waals surface area contributed by atoms with E-state index in [-0.39, 0.29) is 11.5 Å². The van der Waals surface area contributed by atoms with E-state index in [1.165, 1.54) is 11.6 Å². The molecule has 0 fully saturated rings. The van der Waals surface area contributed by atoms with E-state index in [1.54, 1.807) is 13.3 Å². The third-order valence-corrected chi connectivity index (χ3v) is 4.87. The van der Waals surface area contributed by atoms with E-state index in [9.17, 15) is 4.79 Å². The number of nitrogens with zero attached hydrogens (tertiary/aromatic N) is 2. The quantitative estimate of drug-likeness (QED) is 0.295. The Bertz CT molecular complexity index is 1270. The van der Waals surface area contributed by atoms with Gasteiger partial charge in [0.2, 0.25) is 5.95 Å². The summed E-state index contributed by atoms with van der Waals surface area (Å²) in [5.41, 5.74) is 5.95. The minimum absolute atomic E-state index is 0.255. The normalized spacial score (nSPS) is 10.8. The molecule has 0 aliphatic carbocycles. The second kappa shape index (κ2) is 10.8. The van der Waals surface area contributed by atoms with Gasteiger partial charge in [-0.05, 0) is 29.3 Å². The maximum atomic E-state index is 12.0. The van der Waals surface area contributed by atoms with Crippen LogP contribution in [0.5, 0.6) is 11.5 Å². The molecule has 0 aliphatic rings. The van der Waals surface area contributed by atoms with Crippen molar-refractivity contribution in [2.75, 3.05) is 19.1 Å². The average molecular weight is 441 g/mol. The van der Waals surface area contributed by atoms with Crippen LogP contribution in [0.4, 0.5) is 5.95 Å². The van der Waals surface area contributed by atoms with Crippen LogP contribution in [0.25, 0.3) is 11.3 Å². The zero-order valence-corrected chi connectivity index (χ0v) is 18.2. The van der Waals surface area contributed by atoms with E-state index in [1.807, 2.05) is 66.7 Å². The Morgan fingerprint density at radius 3 is 2.48 bits per heavy atom. The van der Waals surface area contributed by atoms with Gasteiger partial charge in [0.1, 0.15) is 0 Å². The third-order valence-electron chi connectivity index (χ3n) is 4.87. The Balaban J connectivity index is 1.40. The summed E-state index contributed by atoms with van der Waals surface area (Å²) in [6.45, 7) is 0.548. The van der Waals surface area contributed by atoms with Gasteiger partial charge >= 0.3 is 0 Å². The molecule has 4 aromatic rings. The van der Waals surface area contributed by atoms with Crippen molar-refractivity contribution in [3.05, 3.63) is 106 Å². The summed E-state index contributed by atoms with van der Waals surface area (Å²) in [4.78, 5) is 19.0. The van der Waals surface area contributed by atoms with Crippen molar-refractivity contribution < 1.29 is 9.47 Å². The lowest BCUT2D eigenvalue weighted by molar-refractivity contribution is 0.297. The number of nitrogens with one attached hydrogen (secondary N) is 2. The molecule has 7 heteroatoms. The topological polar surface area (TPSA) is 88.6 Å². The first-order chi connectivity index (χ1) is 16.2. The second-order valence-corrected chi connectivity index (χ2v) is 7.21. The summed E-state index contributed by atoms with van der Waals surface area (Å²) >= 11 is 0. The molecule has 33 heavy (non-hydrogen) atoms. The van der Waals surface area contributed by atoms with E-state index >= 15 is 0 Å². The van der Waals surface area contributed by atoms with Crippen molar-refractivity contribution in [3.8, 4) is 22.8 Å². The highest BCUT2D eigenvalue weighted by atomic mass is 16.5. The highest BCUT2D eigenvalue weighted by Gasteiger charge is 2.06. The predicted molar refractivity (Wildman–Crippen MR) is 130 cm³/mol. The Labute approximate surface area is 191 Å². The molecule has 0 saturated heterocycles. The Morgan fingerprint density at radius 1 is 0.970 bits per heavy atom. The number of hydrogen-bond acceptors (Lipinski definition) is 6. The lowest BCUT2D eigenvalue weighted by Gasteiger charge is -2.11. The summed E-state index contributed by atoms with van der Waals surface area (Å²) < 4.78 is 11.4. The van der Waals surface area contributed by atoms with Crippen LogP contribution in [0.1, 0.15) is 11.1 Å². The molecule has 166 valence electrons. The number of hydrogen-bond donors (Lipinski definition) is 2. The molecule has 0 spiro atoms. The van der Waals surface area contributed by atoms with E-state index < -0.39 is 0 Å². The van der Waals surface area contributed by atoms with Gasteiger partial charge in [0, 0.05) is 18.1 Å². The van der Waals surface area contributed by atoms with Crippen LogP contribution in [0.3, 0.4) is 0 Å². The lowest BCUT2D eigenvalue weighted by atomic mass is 10.1. The monoisotopic (exact) mass is 440 g/mol. The number of aromatic nitrogens is 2. The fraction of sp³-hybridized carbons (Fsp3) is 0.115. The molecule has 0 radical (unpaired) electrons. The maximum absolute atomic E-state index is 12.0. The number of rotatable bonds is 9. The zero-order valence-electron chi connectivity index (χ0n) is 18.2. The molecule has 0 unspecified atom stereocenters. The van der Waals surface area contributed by atoms with Gasteiger partial charge in [0.25, 0.3) is 5.56 Å². The number of hydrazone groups is 1. The number of anilines is 1. The molecule has 4 rings (SSSR count). The van der Waals surface area contributed by atoms with Crippen LogP contribution >= 0.6 is 0 Å². The van der Waals surface area contributed by atoms with E-state index in [0.29, 0.717) is 23.8 Å². The molecule has 1 aromatic heterocycles. The maximum Gasteiger partial charge on any atom is 0.252 e. The van der Waals surface area contributed by atoms with E-state index in [0.717, 1.165) is 17.5 Å². The molecule has 7 nitrogen and oxygen atoms in total. The van der Waals surface area contributed by atoms with Crippen molar-refractivity contribution in [2.45, 2.75) is 6.42 Å². The standard InChI is InChI=1S/C26H24N4O3/c1-32-24-16-20(12-13-23(24)33-15-14-19-8-4-2-5-9-19)18-27-30-26-28-22(17-25(31)29-26)21-10-6-3-7-11-21/h2-13,16-18H,14-15H2,1H3,(H2,28,29,30,31)/b27-18+. The van der Waals surface area contributed by atoms with Gasteiger partial charge in [-0.2, -0.15) is 5.10 Å². The molecule has 0 saturated carbocycles. The van der Waals surface area contributed by atoms with Crippen LogP contribution in [0, 0.1) is 0 Å². The Kier molecular flexibility index (Phi) is 7.12. The van der Waals surface area contributed by atoms with E-state index in [2.05, 4.69) is 32.6 Å². The molecule has 0 atom stereocenters. The molecule has 0 amide bonds. The number of H-pyrrole nitrogens is 1. The molecule has 0 bridgehead atoms. The van der Waals surface area contributed by atoms with Crippen molar-refractivity contribution in [1.82, 2.24) is 9.97 Å². The largest absolute Gasteiger partial charge is 0.493 e. The van der Waals surface area contributed by atoms with Crippen LogP contribution < -0.4 is 20.5 Å². The zero-order chi connectivity index (χ0) is 22.9. The van der Waals surface area contributed by atoms with Crippen molar-refractivity contribution >= 4 is 12.2 Å². The average Bonchev–Trinajstić information content (AvgIpc) is 2.85. The highest BCUT2D eigenvalue weighted by Crippen LogP contribution is 2.27. The van der Waals surface area contributed by atoms with Crippen molar-refractivity contribution in [3.63, 3.8) is 0 Å². The predicted octanol–water partition coefficient (Wildman–Crippen LogP) is 4.51. The first-order valence-electron chi connectivity index (χ1n) is 10.5. The minimum Gasteiger partial charge on any atom is -0.493 e. The fourth-order valence-electron chi connectivity index (χ4n) is 3.24. The molecule has 1 heterocycles. The SMILES string of the molecule is COc1cc(/C=N/Nc2nc(-c3ccccc3)cc(=O)[nH]2)ccc1OCCc1ccccc1. The number of methoxy groups -OCH3 is 1. The molecule has 0 aliphatic heterocycles. The Morgan fingerprint density at radius 2 is 1.73 bits per heavy atom. The number of aromatic amines is 1. The first kappa shape index (κ1) is 21.8. The summed E-state index contributed by atoms with van der Waals surface area (Å²) in [6.07, 6.45) is 2.43. The highest BCUT2D eigenvalue weighted by molar-refractivity contribution is 5.81. The number of benzene rings is 3. The van der Waals surface area contributed by atoms with Gasteiger partial charge in [-0.25, -0.2) is 10.4 Å². The van der Waals surface area contributed by atoms with Crippen LogP contribution in [0.15, 0.2) is 94.8 Å². The van der Waals surface area contributed by atoms with Crippen LogP contribution in [-0.4, -0.2) is 29.9 Å².